The van der Waals surface area contributed by atoms with Crippen LogP contribution in [-0.2, 0) is 30.9 Å². The second-order valence-corrected chi connectivity index (χ2v) is 17.0. The first-order valence-corrected chi connectivity index (χ1v) is 21.0. The summed E-state index contributed by atoms with van der Waals surface area (Å²) in [7, 11) is 2.58. The number of fused-ring (bicyclic) bond motifs is 2. The van der Waals surface area contributed by atoms with Crippen molar-refractivity contribution in [2.24, 2.45) is 11.8 Å². The molecule has 4 N–H and O–H groups in total. The molecule has 14 nitrogen and oxygen atoms in total. The summed E-state index contributed by atoms with van der Waals surface area (Å²) in [5.41, 5.74) is 6.06. The molecule has 4 atom stereocenters. The van der Waals surface area contributed by atoms with Gasteiger partial charge in [0.1, 0.15) is 35.1 Å². The number of hydrogen-bond acceptors (Lipinski definition) is 8. The van der Waals surface area contributed by atoms with Crippen molar-refractivity contribution >= 4 is 24.0 Å². The Morgan fingerprint density at radius 3 is 1.66 bits per heavy atom. The molecule has 312 valence electrons. The normalized spacial score (nSPS) is 20.1. The van der Waals surface area contributed by atoms with Gasteiger partial charge in [-0.1, -0.05) is 52.4 Å². The van der Waals surface area contributed by atoms with Crippen LogP contribution in [0.4, 0.5) is 9.59 Å². The molecule has 0 radical (unpaired) electrons. The number of carbonyl (C=O) groups excluding carboxylic acids is 4. The number of alkyl carbamates (subject to hydrolysis) is 2. The van der Waals surface area contributed by atoms with Crippen molar-refractivity contribution in [2.75, 3.05) is 27.3 Å². The number of benzene rings is 1. The highest BCUT2D eigenvalue weighted by molar-refractivity contribution is 5.87. The molecule has 3 fully saturated rings. The van der Waals surface area contributed by atoms with Gasteiger partial charge in [0.05, 0.1) is 38.7 Å². The van der Waals surface area contributed by atoms with Crippen LogP contribution in [0.5, 0.6) is 0 Å². The highest BCUT2D eigenvalue weighted by atomic mass is 16.5. The average molecular weight is 805 g/mol. The van der Waals surface area contributed by atoms with Gasteiger partial charge in [-0.25, -0.2) is 19.6 Å². The van der Waals surface area contributed by atoms with E-state index in [0.29, 0.717) is 36.1 Å². The van der Waals surface area contributed by atoms with Crippen molar-refractivity contribution in [3.05, 3.63) is 69.8 Å². The molecule has 4 aliphatic rings. The van der Waals surface area contributed by atoms with Crippen LogP contribution in [0.25, 0.3) is 0 Å². The van der Waals surface area contributed by atoms with Gasteiger partial charge in [-0.3, -0.25) is 9.59 Å². The first kappa shape index (κ1) is 41.4. The molecule has 7 rings (SSSR count). The number of rotatable bonds is 8. The van der Waals surface area contributed by atoms with E-state index in [-0.39, 0.29) is 41.1 Å². The molecule has 0 unspecified atom stereocenters. The lowest BCUT2D eigenvalue weighted by molar-refractivity contribution is -0.136. The number of carbonyl (C=O) groups is 4. The van der Waals surface area contributed by atoms with Gasteiger partial charge in [0, 0.05) is 24.2 Å². The van der Waals surface area contributed by atoms with Gasteiger partial charge in [0.2, 0.25) is 11.8 Å². The maximum Gasteiger partial charge on any atom is 0.407 e. The summed E-state index contributed by atoms with van der Waals surface area (Å²) in [6.07, 6.45) is 12.1. The van der Waals surface area contributed by atoms with E-state index < -0.39 is 24.3 Å². The standard InChI is InChI=1S/C45H56N8O6/c1-27(2)37(50-43(56)58-5)41(54)52-23-9-11-34(52)39-46-25-31(48-39)17-15-29-13-14-30(36-33(29)19-22-45(36)20-7-8-21-45)16-18-32-26-47-40(49-32)35-12-10-24-53(35)42(55)38(28(3)4)51-44(57)59-6/h13-14,25-28,34-35,37-38H,7-12,19-24H2,1-6H3,(H,46,48)(H,47,49)(H,50,56)(H,51,57)/t34-,35+,37+,38+/m1/s1. The Kier molecular flexibility index (Phi) is 12.4. The first-order chi connectivity index (χ1) is 28.4. The van der Waals surface area contributed by atoms with Crippen molar-refractivity contribution in [3.63, 3.8) is 0 Å². The molecule has 2 aliphatic carbocycles. The molecule has 4 amide bonds. The van der Waals surface area contributed by atoms with E-state index in [2.05, 4.69) is 66.4 Å². The minimum Gasteiger partial charge on any atom is -0.453 e. The smallest absolute Gasteiger partial charge is 0.407 e. The number of nitrogens with zero attached hydrogens (tertiary/aromatic N) is 4. The number of nitrogens with one attached hydrogen (secondary N) is 4. The van der Waals surface area contributed by atoms with Gasteiger partial charge >= 0.3 is 12.2 Å². The zero-order chi connectivity index (χ0) is 41.8. The van der Waals surface area contributed by atoms with Crippen molar-refractivity contribution in [1.29, 1.82) is 0 Å². The van der Waals surface area contributed by atoms with E-state index in [4.69, 9.17) is 9.47 Å². The molecule has 4 heterocycles. The molecular weight excluding hydrogens is 749 g/mol. The molecule has 2 aliphatic heterocycles. The molecule has 0 bridgehead atoms. The lowest BCUT2D eigenvalue weighted by Gasteiger charge is -2.29. The Labute approximate surface area is 346 Å². The first-order valence-electron chi connectivity index (χ1n) is 21.0. The van der Waals surface area contributed by atoms with Crippen LogP contribution in [-0.4, -0.2) is 93.1 Å². The van der Waals surface area contributed by atoms with E-state index in [0.717, 1.165) is 62.5 Å². The van der Waals surface area contributed by atoms with Crippen LogP contribution in [0.2, 0.25) is 0 Å². The van der Waals surface area contributed by atoms with Crippen LogP contribution in [0.15, 0.2) is 24.5 Å². The molecule has 1 saturated carbocycles. The summed E-state index contributed by atoms with van der Waals surface area (Å²) in [6, 6.07) is 2.31. The molecule has 2 saturated heterocycles. The van der Waals surface area contributed by atoms with Crippen molar-refractivity contribution in [3.8, 4) is 23.7 Å². The second kappa shape index (κ2) is 17.6. The lowest BCUT2D eigenvalue weighted by atomic mass is 9.77. The number of amides is 4. The summed E-state index contributed by atoms with van der Waals surface area (Å²) >= 11 is 0. The monoisotopic (exact) mass is 804 g/mol. The number of ether oxygens (including phenoxy) is 2. The van der Waals surface area contributed by atoms with E-state index in [1.165, 1.54) is 38.2 Å². The fourth-order valence-electron chi connectivity index (χ4n) is 9.57. The van der Waals surface area contributed by atoms with E-state index in [1.54, 1.807) is 22.2 Å². The number of aromatic amines is 2. The summed E-state index contributed by atoms with van der Waals surface area (Å²) in [6.45, 7) is 8.77. The average Bonchev–Trinajstić information content (AvgIpc) is 4.09. The second-order valence-electron chi connectivity index (χ2n) is 17.0. The molecule has 14 heteroatoms. The van der Waals surface area contributed by atoms with Crippen molar-refractivity contribution in [1.82, 2.24) is 40.4 Å². The van der Waals surface area contributed by atoms with Crippen LogP contribution in [0.3, 0.4) is 0 Å². The fourth-order valence-corrected chi connectivity index (χ4v) is 9.57. The van der Waals surface area contributed by atoms with Crippen LogP contribution in [0.1, 0.15) is 143 Å². The van der Waals surface area contributed by atoms with Crippen LogP contribution < -0.4 is 10.6 Å². The SMILES string of the molecule is COC(=O)N[C@H](C(=O)N1CCC[C@@H]1c1ncc(C#Cc2ccc(C#Cc3cnc([C@@H]4CCCN4C(=O)[C@@H](NC(=O)OC)C(C)C)[nH]3)c3c2CCC32CCCC2)[nH]1)C(C)C. The topological polar surface area (TPSA) is 175 Å². The van der Waals surface area contributed by atoms with E-state index >= 15 is 0 Å². The third-order valence-corrected chi connectivity index (χ3v) is 12.6. The van der Waals surface area contributed by atoms with E-state index in [9.17, 15) is 19.2 Å². The quantitative estimate of drug-likeness (QED) is 0.208. The molecule has 1 aromatic carbocycles. The largest absolute Gasteiger partial charge is 0.453 e. The van der Waals surface area contributed by atoms with Gasteiger partial charge in [-0.15, -0.1) is 0 Å². The number of hydrogen-bond donors (Lipinski definition) is 4. The number of imidazole rings is 2. The summed E-state index contributed by atoms with van der Waals surface area (Å²) in [5.74, 6) is 14.5. The fraction of sp³-hybridized carbons (Fsp3) is 0.556. The summed E-state index contributed by atoms with van der Waals surface area (Å²) in [5, 5.41) is 5.41. The molecule has 1 spiro atoms. The Balaban J connectivity index is 1.10. The van der Waals surface area contributed by atoms with Gasteiger partial charge in [0.15, 0.2) is 0 Å². The Morgan fingerprint density at radius 1 is 0.712 bits per heavy atom. The van der Waals surface area contributed by atoms with Gasteiger partial charge < -0.3 is 39.9 Å². The Hall–Kier alpha value is -5.76. The number of likely N-dealkylation sites (tertiary alicyclic amines) is 2. The van der Waals surface area contributed by atoms with E-state index in [1.807, 2.05) is 27.7 Å². The van der Waals surface area contributed by atoms with Crippen LogP contribution in [0, 0.1) is 35.5 Å². The third-order valence-electron chi connectivity index (χ3n) is 12.6. The Morgan fingerprint density at radius 2 is 1.19 bits per heavy atom. The minimum absolute atomic E-state index is 0.0995. The summed E-state index contributed by atoms with van der Waals surface area (Å²) < 4.78 is 9.55. The predicted octanol–water partition coefficient (Wildman–Crippen LogP) is 5.78. The number of methoxy groups -OCH3 is 2. The summed E-state index contributed by atoms with van der Waals surface area (Å²) in [4.78, 5) is 71.0. The van der Waals surface area contributed by atoms with Crippen molar-refractivity contribution in [2.45, 2.75) is 121 Å². The Bertz CT molecular complexity index is 2190. The lowest BCUT2D eigenvalue weighted by Crippen LogP contribution is -2.51. The molecule has 2 aromatic heterocycles. The minimum atomic E-state index is -0.700. The van der Waals surface area contributed by atoms with Gasteiger partial charge in [-0.2, -0.15) is 0 Å². The number of H-pyrrole nitrogens is 2. The zero-order valence-corrected chi connectivity index (χ0v) is 35.0. The van der Waals surface area contributed by atoms with Gasteiger partial charge in [-0.05, 0) is 104 Å². The third kappa shape index (κ3) is 8.54. The maximum absolute atomic E-state index is 13.6. The highest BCUT2D eigenvalue weighted by Gasteiger charge is 2.43. The number of aromatic nitrogens is 4. The zero-order valence-electron chi connectivity index (χ0n) is 35.0. The maximum atomic E-state index is 13.6. The molecule has 59 heavy (non-hydrogen) atoms. The highest BCUT2D eigenvalue weighted by Crippen LogP contribution is 2.52. The van der Waals surface area contributed by atoms with Gasteiger partial charge in [0.25, 0.3) is 0 Å². The van der Waals surface area contributed by atoms with Crippen molar-refractivity contribution < 1.29 is 28.7 Å². The van der Waals surface area contributed by atoms with Crippen LogP contribution >= 0.6 is 0 Å². The predicted molar refractivity (Wildman–Crippen MR) is 220 cm³/mol. The molecule has 3 aromatic rings. The molecular formula is C45H56N8O6.